The summed E-state index contributed by atoms with van der Waals surface area (Å²) >= 11 is 0. The Labute approximate surface area is 128 Å². The Morgan fingerprint density at radius 1 is 0.714 bits per heavy atom. The van der Waals surface area contributed by atoms with Crippen LogP contribution in [-0.4, -0.2) is 0 Å². The second kappa shape index (κ2) is 6.21. The third-order valence-electron chi connectivity index (χ3n) is 4.05. The van der Waals surface area contributed by atoms with Gasteiger partial charge in [0.2, 0.25) is 0 Å². The van der Waals surface area contributed by atoms with Gasteiger partial charge in [0.1, 0.15) is 0 Å². The fourth-order valence-corrected chi connectivity index (χ4v) is 2.47. The van der Waals surface area contributed by atoms with Crippen LogP contribution < -0.4 is 11.5 Å². The molecule has 0 fully saturated rings. The fraction of sp³-hybridized carbons (Fsp3) is 0.368. The number of hydrogen-bond donors (Lipinski definition) is 2. The van der Waals surface area contributed by atoms with Crippen LogP contribution in [0.4, 0.5) is 11.4 Å². The molecular weight excluding hydrogens is 256 g/mol. The SMILES string of the molecule is CC(C)c1ccc(Cc2ccc(C(C)C)cc2N)c(N)c1. The monoisotopic (exact) mass is 282 g/mol. The van der Waals surface area contributed by atoms with Crippen molar-refractivity contribution in [1.29, 1.82) is 0 Å². The molecule has 0 atom stereocenters. The van der Waals surface area contributed by atoms with Crippen LogP contribution in [0, 0.1) is 0 Å². The van der Waals surface area contributed by atoms with Crippen molar-refractivity contribution in [3.05, 3.63) is 58.7 Å². The molecule has 0 saturated carbocycles. The van der Waals surface area contributed by atoms with E-state index in [0.29, 0.717) is 11.8 Å². The van der Waals surface area contributed by atoms with E-state index in [9.17, 15) is 0 Å². The maximum absolute atomic E-state index is 6.19. The van der Waals surface area contributed by atoms with Crippen LogP contribution in [0.3, 0.4) is 0 Å². The highest BCUT2D eigenvalue weighted by atomic mass is 14.6. The summed E-state index contributed by atoms with van der Waals surface area (Å²) in [6.07, 6.45) is 0.786. The van der Waals surface area contributed by atoms with Crippen molar-refractivity contribution in [2.75, 3.05) is 11.5 Å². The predicted molar refractivity (Wildman–Crippen MR) is 92.7 cm³/mol. The number of hydrogen-bond acceptors (Lipinski definition) is 2. The Bertz CT molecular complexity index is 572. The number of anilines is 2. The van der Waals surface area contributed by atoms with E-state index in [2.05, 4.69) is 64.1 Å². The molecule has 2 aromatic rings. The van der Waals surface area contributed by atoms with Crippen molar-refractivity contribution >= 4 is 11.4 Å². The summed E-state index contributed by atoms with van der Waals surface area (Å²) in [5, 5.41) is 0. The predicted octanol–water partition coefficient (Wildman–Crippen LogP) is 4.69. The summed E-state index contributed by atoms with van der Waals surface area (Å²) in [6, 6.07) is 12.7. The summed E-state index contributed by atoms with van der Waals surface area (Å²) in [5.41, 5.74) is 18.9. The molecule has 2 nitrogen and oxygen atoms in total. The van der Waals surface area contributed by atoms with Crippen LogP contribution in [0.5, 0.6) is 0 Å². The average molecular weight is 282 g/mol. The molecule has 2 heteroatoms. The molecule has 0 unspecified atom stereocenters. The van der Waals surface area contributed by atoms with E-state index in [1.165, 1.54) is 11.1 Å². The van der Waals surface area contributed by atoms with E-state index >= 15 is 0 Å². The Morgan fingerprint density at radius 2 is 1.10 bits per heavy atom. The van der Waals surface area contributed by atoms with Crippen LogP contribution >= 0.6 is 0 Å². The Hall–Kier alpha value is -1.96. The molecule has 0 bridgehead atoms. The molecule has 0 aliphatic heterocycles. The van der Waals surface area contributed by atoms with Crippen molar-refractivity contribution < 1.29 is 0 Å². The number of benzene rings is 2. The molecule has 0 amide bonds. The van der Waals surface area contributed by atoms with Crippen molar-refractivity contribution in [3.63, 3.8) is 0 Å². The second-order valence-corrected chi connectivity index (χ2v) is 6.40. The summed E-state index contributed by atoms with van der Waals surface area (Å²) in [6.45, 7) is 8.71. The Balaban J connectivity index is 2.26. The maximum Gasteiger partial charge on any atom is 0.0352 e. The molecule has 2 aromatic carbocycles. The molecular formula is C19H26N2. The third kappa shape index (κ3) is 3.57. The van der Waals surface area contributed by atoms with Gasteiger partial charge in [-0.1, -0.05) is 52.0 Å². The standard InChI is InChI=1S/C19H26N2/c1-12(2)14-5-7-16(18(20)10-14)9-17-8-6-15(13(3)4)11-19(17)21/h5-8,10-13H,9,20-21H2,1-4H3. The van der Waals surface area contributed by atoms with Crippen molar-refractivity contribution in [3.8, 4) is 0 Å². The van der Waals surface area contributed by atoms with Gasteiger partial charge in [-0.15, -0.1) is 0 Å². The van der Waals surface area contributed by atoms with Crippen LogP contribution in [0.15, 0.2) is 36.4 Å². The molecule has 0 aliphatic rings. The minimum absolute atomic E-state index is 0.497. The highest BCUT2D eigenvalue weighted by Gasteiger charge is 2.08. The van der Waals surface area contributed by atoms with E-state index < -0.39 is 0 Å². The second-order valence-electron chi connectivity index (χ2n) is 6.40. The molecule has 0 radical (unpaired) electrons. The zero-order valence-corrected chi connectivity index (χ0v) is 13.5. The lowest BCUT2D eigenvalue weighted by molar-refractivity contribution is 0.864. The molecule has 0 heterocycles. The van der Waals surface area contributed by atoms with Crippen LogP contribution in [0.1, 0.15) is 61.8 Å². The molecule has 0 aromatic heterocycles. The largest absolute Gasteiger partial charge is 0.398 e. The first-order valence-electron chi connectivity index (χ1n) is 7.65. The first kappa shape index (κ1) is 15.4. The normalized spacial score (nSPS) is 11.3. The molecule has 0 aliphatic carbocycles. The number of rotatable bonds is 4. The Kier molecular flexibility index (Phi) is 4.56. The highest BCUT2D eigenvalue weighted by molar-refractivity contribution is 5.56. The van der Waals surface area contributed by atoms with E-state index in [4.69, 9.17) is 11.5 Å². The van der Waals surface area contributed by atoms with Gasteiger partial charge in [-0.05, 0) is 46.2 Å². The molecule has 112 valence electrons. The third-order valence-corrected chi connectivity index (χ3v) is 4.05. The van der Waals surface area contributed by atoms with Gasteiger partial charge in [-0.2, -0.15) is 0 Å². The lowest BCUT2D eigenvalue weighted by atomic mass is 9.94. The number of nitrogen functional groups attached to an aromatic ring is 2. The average Bonchev–Trinajstić information content (AvgIpc) is 2.42. The van der Waals surface area contributed by atoms with Gasteiger partial charge < -0.3 is 11.5 Å². The topological polar surface area (TPSA) is 52.0 Å². The van der Waals surface area contributed by atoms with Gasteiger partial charge >= 0.3 is 0 Å². The van der Waals surface area contributed by atoms with Gasteiger partial charge in [0.05, 0.1) is 0 Å². The molecule has 0 saturated heterocycles. The van der Waals surface area contributed by atoms with Crippen LogP contribution in [0.25, 0.3) is 0 Å². The zero-order valence-electron chi connectivity index (χ0n) is 13.5. The minimum Gasteiger partial charge on any atom is -0.398 e. The van der Waals surface area contributed by atoms with Crippen molar-refractivity contribution in [2.45, 2.75) is 46.0 Å². The smallest absolute Gasteiger partial charge is 0.0352 e. The summed E-state index contributed by atoms with van der Waals surface area (Å²) < 4.78 is 0. The van der Waals surface area contributed by atoms with Gasteiger partial charge in [-0.3, -0.25) is 0 Å². The highest BCUT2D eigenvalue weighted by Crippen LogP contribution is 2.26. The minimum atomic E-state index is 0.497. The van der Waals surface area contributed by atoms with Crippen molar-refractivity contribution in [2.24, 2.45) is 0 Å². The maximum atomic E-state index is 6.19. The molecule has 2 rings (SSSR count). The van der Waals surface area contributed by atoms with Gasteiger partial charge in [0.25, 0.3) is 0 Å². The Morgan fingerprint density at radius 3 is 1.38 bits per heavy atom. The van der Waals surface area contributed by atoms with E-state index in [1.54, 1.807) is 0 Å². The lowest BCUT2D eigenvalue weighted by Crippen LogP contribution is -2.02. The fourth-order valence-electron chi connectivity index (χ4n) is 2.47. The molecule has 4 N–H and O–H groups in total. The van der Waals surface area contributed by atoms with Gasteiger partial charge in [0.15, 0.2) is 0 Å². The first-order valence-corrected chi connectivity index (χ1v) is 7.65. The number of nitrogens with two attached hydrogens (primary N) is 2. The summed E-state index contributed by atoms with van der Waals surface area (Å²) in [5.74, 6) is 0.994. The van der Waals surface area contributed by atoms with E-state index in [1.807, 2.05) is 0 Å². The molecule has 0 spiro atoms. The summed E-state index contributed by atoms with van der Waals surface area (Å²) in [7, 11) is 0. The van der Waals surface area contributed by atoms with Gasteiger partial charge in [-0.25, -0.2) is 0 Å². The van der Waals surface area contributed by atoms with Gasteiger partial charge in [0, 0.05) is 17.8 Å². The first-order chi connectivity index (χ1) is 9.88. The van der Waals surface area contributed by atoms with Crippen molar-refractivity contribution in [1.82, 2.24) is 0 Å². The van der Waals surface area contributed by atoms with E-state index in [-0.39, 0.29) is 0 Å². The zero-order chi connectivity index (χ0) is 15.6. The van der Waals surface area contributed by atoms with Crippen LogP contribution in [0.2, 0.25) is 0 Å². The van der Waals surface area contributed by atoms with E-state index in [0.717, 1.165) is 28.9 Å². The lowest BCUT2D eigenvalue weighted by Gasteiger charge is -2.13. The quantitative estimate of drug-likeness (QED) is 0.799. The van der Waals surface area contributed by atoms with Crippen LogP contribution in [-0.2, 0) is 6.42 Å². The molecule has 21 heavy (non-hydrogen) atoms. The summed E-state index contributed by atoms with van der Waals surface area (Å²) in [4.78, 5) is 0.